The third-order valence-corrected chi connectivity index (χ3v) is 5.47. The highest BCUT2D eigenvalue weighted by atomic mass is 35.5. The number of carbonyl (C=O) groups excluding carboxylic acids is 1. The molecule has 10 heteroatoms. The first-order chi connectivity index (χ1) is 14.4. The molecule has 0 saturated carbocycles. The number of hydrogen-bond acceptors (Lipinski definition) is 5. The number of aryl methyl sites for hydroxylation is 1. The van der Waals surface area contributed by atoms with E-state index in [2.05, 4.69) is 20.4 Å². The van der Waals surface area contributed by atoms with Crippen LogP contribution in [0.5, 0.6) is 0 Å². The number of hydrogen-bond donors (Lipinski definition) is 2. The van der Waals surface area contributed by atoms with Crippen molar-refractivity contribution in [3.05, 3.63) is 75.3 Å². The number of amides is 1. The molecule has 2 aromatic heterocycles. The number of anilines is 1. The Morgan fingerprint density at radius 3 is 2.80 bits per heavy atom. The Hall–Kier alpha value is -3.17. The monoisotopic (exact) mass is 443 g/mol. The summed E-state index contributed by atoms with van der Waals surface area (Å²) >= 11 is 6.88. The van der Waals surface area contributed by atoms with Gasteiger partial charge in [-0.05, 0) is 30.7 Å². The standard InChI is InChI=1S/C20H15ClFN5O2S/c1-11-4-2-3-5-13(11)19-24-16-9-17(28)26-27(16)20(25-19)30-10-18(29)23-12-6-7-15(22)14(21)8-12/h2-9H,10H2,1H3,(H,23,29)(H,26,28). The van der Waals surface area contributed by atoms with Gasteiger partial charge in [0.2, 0.25) is 5.91 Å². The molecule has 2 N–H and O–H groups in total. The molecule has 0 unspecified atom stereocenters. The first-order valence-corrected chi connectivity index (χ1v) is 10.2. The minimum Gasteiger partial charge on any atom is -0.325 e. The second-order valence-corrected chi connectivity index (χ2v) is 7.77. The van der Waals surface area contributed by atoms with E-state index in [0.717, 1.165) is 22.9 Å². The van der Waals surface area contributed by atoms with Gasteiger partial charge in [0.1, 0.15) is 5.82 Å². The Labute approximate surface area is 179 Å². The second-order valence-electron chi connectivity index (χ2n) is 6.42. The number of aromatic amines is 1. The molecule has 2 heterocycles. The van der Waals surface area contributed by atoms with Gasteiger partial charge in [-0.3, -0.25) is 14.7 Å². The van der Waals surface area contributed by atoms with E-state index >= 15 is 0 Å². The third kappa shape index (κ3) is 4.22. The lowest BCUT2D eigenvalue weighted by atomic mass is 10.1. The molecule has 0 atom stereocenters. The van der Waals surface area contributed by atoms with E-state index in [1.807, 2.05) is 31.2 Å². The number of H-pyrrole nitrogens is 1. The molecule has 0 radical (unpaired) electrons. The van der Waals surface area contributed by atoms with E-state index in [4.69, 9.17) is 11.6 Å². The van der Waals surface area contributed by atoms with Gasteiger partial charge in [-0.2, -0.15) is 0 Å². The molecule has 1 amide bonds. The van der Waals surface area contributed by atoms with Gasteiger partial charge >= 0.3 is 0 Å². The maximum Gasteiger partial charge on any atom is 0.266 e. The number of fused-ring (bicyclic) bond motifs is 1. The Morgan fingerprint density at radius 1 is 1.23 bits per heavy atom. The van der Waals surface area contributed by atoms with Crippen LogP contribution in [0.4, 0.5) is 10.1 Å². The molecule has 0 aliphatic carbocycles. The lowest BCUT2D eigenvalue weighted by Crippen LogP contribution is -2.15. The quantitative estimate of drug-likeness (QED) is 0.456. The smallest absolute Gasteiger partial charge is 0.266 e. The van der Waals surface area contributed by atoms with E-state index < -0.39 is 5.82 Å². The van der Waals surface area contributed by atoms with E-state index in [1.54, 1.807) is 0 Å². The second kappa shape index (κ2) is 8.29. The summed E-state index contributed by atoms with van der Waals surface area (Å²) in [5.41, 5.74) is 2.29. The predicted molar refractivity (Wildman–Crippen MR) is 115 cm³/mol. The highest BCUT2D eigenvalue weighted by molar-refractivity contribution is 7.99. The van der Waals surface area contributed by atoms with Crippen LogP contribution in [0.2, 0.25) is 5.02 Å². The van der Waals surface area contributed by atoms with Gasteiger partial charge in [0.15, 0.2) is 16.6 Å². The molecular formula is C20H15ClFN5O2S. The van der Waals surface area contributed by atoms with Crippen molar-refractivity contribution >= 4 is 40.6 Å². The Morgan fingerprint density at radius 2 is 2.03 bits per heavy atom. The molecule has 0 spiro atoms. The highest BCUT2D eigenvalue weighted by Gasteiger charge is 2.14. The van der Waals surface area contributed by atoms with E-state index in [9.17, 15) is 14.0 Å². The summed E-state index contributed by atoms with van der Waals surface area (Å²) in [5.74, 6) is -0.427. The summed E-state index contributed by atoms with van der Waals surface area (Å²) in [4.78, 5) is 33.2. The summed E-state index contributed by atoms with van der Waals surface area (Å²) in [6.07, 6.45) is 0. The fraction of sp³-hybridized carbons (Fsp3) is 0.100. The molecule has 2 aromatic carbocycles. The van der Waals surface area contributed by atoms with Gasteiger partial charge in [-0.15, -0.1) is 0 Å². The molecule has 0 aliphatic heterocycles. The van der Waals surface area contributed by atoms with E-state index in [0.29, 0.717) is 22.3 Å². The molecular weight excluding hydrogens is 429 g/mol. The average molecular weight is 444 g/mol. The average Bonchev–Trinajstić information content (AvgIpc) is 3.09. The number of halogens is 2. The van der Waals surface area contributed by atoms with Crippen molar-refractivity contribution < 1.29 is 9.18 Å². The molecule has 0 fully saturated rings. The number of thioether (sulfide) groups is 1. The summed E-state index contributed by atoms with van der Waals surface area (Å²) < 4.78 is 14.7. The topological polar surface area (TPSA) is 92.2 Å². The van der Waals surface area contributed by atoms with Gasteiger partial charge in [0.25, 0.3) is 5.56 Å². The summed E-state index contributed by atoms with van der Waals surface area (Å²) in [6.45, 7) is 1.94. The van der Waals surface area contributed by atoms with Crippen LogP contribution < -0.4 is 10.9 Å². The van der Waals surface area contributed by atoms with Gasteiger partial charge in [-0.25, -0.2) is 18.9 Å². The van der Waals surface area contributed by atoms with Crippen molar-refractivity contribution in [3.8, 4) is 11.4 Å². The van der Waals surface area contributed by atoms with Crippen LogP contribution in [0, 0.1) is 12.7 Å². The Kier molecular flexibility index (Phi) is 5.56. The first-order valence-electron chi connectivity index (χ1n) is 8.84. The fourth-order valence-corrected chi connectivity index (χ4v) is 3.76. The lowest BCUT2D eigenvalue weighted by molar-refractivity contribution is -0.113. The minimum absolute atomic E-state index is 0.00846. The molecule has 152 valence electrons. The maximum absolute atomic E-state index is 13.3. The fourth-order valence-electron chi connectivity index (χ4n) is 2.83. The maximum atomic E-state index is 13.3. The van der Waals surface area contributed by atoms with Crippen LogP contribution in [0.3, 0.4) is 0 Å². The third-order valence-electron chi connectivity index (χ3n) is 4.25. The zero-order valence-corrected chi connectivity index (χ0v) is 17.2. The van der Waals surface area contributed by atoms with Crippen molar-refractivity contribution in [1.82, 2.24) is 19.6 Å². The van der Waals surface area contributed by atoms with Crippen LogP contribution >= 0.6 is 23.4 Å². The Bertz CT molecular complexity index is 1320. The minimum atomic E-state index is -0.562. The van der Waals surface area contributed by atoms with Crippen molar-refractivity contribution in [1.29, 1.82) is 0 Å². The first kappa shape index (κ1) is 20.1. The molecule has 0 saturated heterocycles. The van der Waals surface area contributed by atoms with Gasteiger partial charge in [0.05, 0.1) is 10.8 Å². The number of aromatic nitrogens is 4. The van der Waals surface area contributed by atoms with Crippen molar-refractivity contribution in [2.24, 2.45) is 0 Å². The number of nitrogens with zero attached hydrogens (tertiary/aromatic N) is 3. The van der Waals surface area contributed by atoms with Crippen LogP contribution in [0.15, 0.2) is 58.5 Å². The number of carbonyl (C=O) groups is 1. The molecule has 4 aromatic rings. The van der Waals surface area contributed by atoms with Crippen LogP contribution in [0.1, 0.15) is 5.56 Å². The predicted octanol–water partition coefficient (Wildman–Crippen LogP) is 3.92. The van der Waals surface area contributed by atoms with Crippen LogP contribution in [0.25, 0.3) is 17.0 Å². The molecule has 0 aliphatic rings. The highest BCUT2D eigenvalue weighted by Crippen LogP contribution is 2.24. The van der Waals surface area contributed by atoms with Gasteiger partial charge in [-0.1, -0.05) is 47.6 Å². The number of nitrogens with one attached hydrogen (secondary N) is 2. The number of benzene rings is 2. The van der Waals surface area contributed by atoms with Crippen molar-refractivity contribution in [2.75, 3.05) is 11.1 Å². The van der Waals surface area contributed by atoms with E-state index in [-0.39, 0.29) is 22.2 Å². The molecule has 4 rings (SSSR count). The summed E-state index contributed by atoms with van der Waals surface area (Å²) in [7, 11) is 0. The Balaban J connectivity index is 1.60. The largest absolute Gasteiger partial charge is 0.325 e. The zero-order valence-electron chi connectivity index (χ0n) is 15.6. The van der Waals surface area contributed by atoms with Crippen LogP contribution in [-0.4, -0.2) is 31.2 Å². The normalized spacial score (nSPS) is 11.0. The van der Waals surface area contributed by atoms with Gasteiger partial charge in [0, 0.05) is 17.3 Å². The molecule has 7 nitrogen and oxygen atoms in total. The van der Waals surface area contributed by atoms with Crippen molar-refractivity contribution in [2.45, 2.75) is 12.1 Å². The summed E-state index contributed by atoms with van der Waals surface area (Å²) in [6, 6.07) is 12.9. The number of rotatable bonds is 5. The van der Waals surface area contributed by atoms with E-state index in [1.165, 1.54) is 28.8 Å². The lowest BCUT2D eigenvalue weighted by Gasteiger charge is -2.09. The summed E-state index contributed by atoms with van der Waals surface area (Å²) in [5, 5.41) is 5.62. The zero-order chi connectivity index (χ0) is 21.3. The van der Waals surface area contributed by atoms with Crippen molar-refractivity contribution in [3.63, 3.8) is 0 Å². The van der Waals surface area contributed by atoms with Gasteiger partial charge < -0.3 is 5.32 Å². The molecule has 30 heavy (non-hydrogen) atoms. The van der Waals surface area contributed by atoms with Crippen LogP contribution in [-0.2, 0) is 4.79 Å². The molecule has 0 bridgehead atoms. The SMILES string of the molecule is Cc1ccccc1-c1nc(SCC(=O)Nc2ccc(F)c(Cl)c2)n2[nH]c(=O)cc2n1.